The highest BCUT2D eigenvalue weighted by Gasteiger charge is 2.16. The molecule has 0 saturated heterocycles. The number of hydrogen-bond acceptors (Lipinski definition) is 6. The van der Waals surface area contributed by atoms with Crippen LogP contribution in [-0.4, -0.2) is 33.4 Å². The zero-order valence-electron chi connectivity index (χ0n) is 19.7. The van der Waals surface area contributed by atoms with Crippen LogP contribution in [0.15, 0.2) is 71.6 Å². The molecule has 0 aliphatic heterocycles. The number of nitrogens with one attached hydrogen (secondary N) is 4. The topological polar surface area (TPSA) is 126 Å². The van der Waals surface area contributed by atoms with Crippen LogP contribution in [0, 0.1) is 13.8 Å². The molecule has 0 unspecified atom stereocenters. The number of rotatable bonds is 9. The first-order chi connectivity index (χ1) is 16.7. The molecule has 4 N–H and O–H groups in total. The highest BCUT2D eigenvalue weighted by Crippen LogP contribution is 2.20. The molecule has 0 aromatic heterocycles. The summed E-state index contributed by atoms with van der Waals surface area (Å²) in [5.41, 5.74) is 8.17. The number of sulfonamides is 1. The molecule has 0 heterocycles. The van der Waals surface area contributed by atoms with Gasteiger partial charge in [0.2, 0.25) is 0 Å². The summed E-state index contributed by atoms with van der Waals surface area (Å²) in [6.07, 6.45) is 0. The van der Waals surface area contributed by atoms with Crippen molar-refractivity contribution in [1.29, 1.82) is 0 Å². The highest BCUT2D eigenvalue weighted by molar-refractivity contribution is 7.92. The Morgan fingerprint density at radius 2 is 1.57 bits per heavy atom. The van der Waals surface area contributed by atoms with Crippen molar-refractivity contribution in [2.24, 2.45) is 0 Å². The lowest BCUT2D eigenvalue weighted by Gasteiger charge is -2.12. The number of carbonyl (C=O) groups is 2. The molecule has 0 radical (unpaired) electrons. The van der Waals surface area contributed by atoms with Crippen LogP contribution in [0.1, 0.15) is 28.4 Å². The van der Waals surface area contributed by atoms with Gasteiger partial charge in [-0.3, -0.25) is 25.2 Å². The lowest BCUT2D eigenvalue weighted by molar-refractivity contribution is -0.120. The number of hydrazine groups is 1. The molecule has 3 aromatic rings. The monoisotopic (exact) mass is 496 g/mol. The molecule has 3 rings (SSSR count). The summed E-state index contributed by atoms with van der Waals surface area (Å²) in [6, 6.07) is 17.7. The van der Waals surface area contributed by atoms with Gasteiger partial charge in [-0.05, 0) is 80.9 Å². The first kappa shape index (κ1) is 25.6. The number of amides is 2. The fraction of sp³-hybridized carbons (Fsp3) is 0.200. The maximum Gasteiger partial charge on any atom is 0.269 e. The summed E-state index contributed by atoms with van der Waals surface area (Å²) in [4.78, 5) is 24.4. The summed E-state index contributed by atoms with van der Waals surface area (Å²) >= 11 is 0. The van der Waals surface area contributed by atoms with Gasteiger partial charge >= 0.3 is 0 Å². The van der Waals surface area contributed by atoms with E-state index < -0.39 is 21.8 Å². The maximum absolute atomic E-state index is 12.6. The van der Waals surface area contributed by atoms with Crippen molar-refractivity contribution < 1.29 is 22.7 Å². The van der Waals surface area contributed by atoms with Crippen LogP contribution in [0.4, 0.5) is 11.4 Å². The zero-order chi connectivity index (χ0) is 25.4. The van der Waals surface area contributed by atoms with Crippen molar-refractivity contribution in [2.45, 2.75) is 25.7 Å². The lowest BCUT2D eigenvalue weighted by Crippen LogP contribution is -2.44. The summed E-state index contributed by atoms with van der Waals surface area (Å²) in [7, 11) is -3.85. The second-order valence-electron chi connectivity index (χ2n) is 7.76. The molecule has 10 heteroatoms. The molecule has 0 spiro atoms. The Bertz CT molecular complexity index is 1290. The van der Waals surface area contributed by atoms with Gasteiger partial charge in [-0.1, -0.05) is 17.7 Å². The van der Waals surface area contributed by atoms with Gasteiger partial charge in [0.15, 0.2) is 0 Å². The molecule has 0 atom stereocenters. The van der Waals surface area contributed by atoms with E-state index in [1.165, 1.54) is 24.3 Å². The fourth-order valence-corrected chi connectivity index (χ4v) is 4.27. The zero-order valence-corrected chi connectivity index (χ0v) is 20.5. The quantitative estimate of drug-likeness (QED) is 0.337. The minimum Gasteiger partial charge on any atom is -0.494 e. The van der Waals surface area contributed by atoms with Gasteiger partial charge in [-0.2, -0.15) is 0 Å². The Kier molecular flexibility index (Phi) is 8.32. The second kappa shape index (κ2) is 11.4. The van der Waals surface area contributed by atoms with Crippen molar-refractivity contribution in [3.63, 3.8) is 0 Å². The summed E-state index contributed by atoms with van der Waals surface area (Å²) < 4.78 is 33.1. The molecule has 0 aliphatic carbocycles. The first-order valence-corrected chi connectivity index (χ1v) is 12.4. The number of anilines is 2. The maximum atomic E-state index is 12.6. The van der Waals surface area contributed by atoms with E-state index in [-0.39, 0.29) is 17.0 Å². The summed E-state index contributed by atoms with van der Waals surface area (Å²) in [5, 5.41) is 3.01. The van der Waals surface area contributed by atoms with Crippen LogP contribution in [0.25, 0.3) is 0 Å². The summed E-state index contributed by atoms with van der Waals surface area (Å²) in [6.45, 7) is 6.27. The van der Waals surface area contributed by atoms with E-state index in [1.54, 1.807) is 24.3 Å². The van der Waals surface area contributed by atoms with E-state index >= 15 is 0 Å². The summed E-state index contributed by atoms with van der Waals surface area (Å²) in [5.74, 6) is -0.371. The smallest absolute Gasteiger partial charge is 0.269 e. The molecule has 0 saturated carbocycles. The minimum absolute atomic E-state index is 0.00959. The number of aryl methyl sites for hydroxylation is 2. The third-order valence-electron chi connectivity index (χ3n) is 4.98. The van der Waals surface area contributed by atoms with Gasteiger partial charge in [0.05, 0.1) is 18.0 Å². The molecule has 0 aliphatic rings. The van der Waals surface area contributed by atoms with E-state index in [0.29, 0.717) is 18.0 Å². The SMILES string of the molecule is CCOc1ccc(NS(=O)(=O)c2ccc(C(=O)NNC(=O)CNc3ccc(C)cc3C)cc2)cc1. The fourth-order valence-electron chi connectivity index (χ4n) is 3.22. The number of ether oxygens (including phenoxy) is 1. The lowest BCUT2D eigenvalue weighted by atomic mass is 10.1. The molecule has 0 bridgehead atoms. The van der Waals surface area contributed by atoms with Gasteiger partial charge in [0.1, 0.15) is 5.75 Å². The van der Waals surface area contributed by atoms with Gasteiger partial charge in [0, 0.05) is 16.9 Å². The van der Waals surface area contributed by atoms with Crippen LogP contribution in [0.3, 0.4) is 0 Å². The van der Waals surface area contributed by atoms with Gasteiger partial charge in [0.25, 0.3) is 21.8 Å². The van der Waals surface area contributed by atoms with E-state index in [0.717, 1.165) is 16.8 Å². The van der Waals surface area contributed by atoms with Crippen molar-refractivity contribution in [3.8, 4) is 5.75 Å². The predicted molar refractivity (Wildman–Crippen MR) is 135 cm³/mol. The van der Waals surface area contributed by atoms with Crippen molar-refractivity contribution in [2.75, 3.05) is 23.2 Å². The van der Waals surface area contributed by atoms with Crippen molar-refractivity contribution in [3.05, 3.63) is 83.4 Å². The third-order valence-corrected chi connectivity index (χ3v) is 6.38. The predicted octanol–water partition coefficient (Wildman–Crippen LogP) is 3.38. The normalized spacial score (nSPS) is 10.8. The Morgan fingerprint density at radius 1 is 0.886 bits per heavy atom. The van der Waals surface area contributed by atoms with E-state index in [9.17, 15) is 18.0 Å². The van der Waals surface area contributed by atoms with Crippen LogP contribution < -0.4 is 25.6 Å². The standard InChI is InChI=1S/C25H28N4O5S/c1-4-34-21-10-8-20(9-11-21)29-35(32,33)22-12-6-19(7-13-22)25(31)28-27-24(30)16-26-23-14-5-17(2)15-18(23)3/h5-15,26,29H,4,16H2,1-3H3,(H,27,30)(H,28,31). The van der Waals surface area contributed by atoms with Crippen LogP contribution >= 0.6 is 0 Å². The van der Waals surface area contributed by atoms with Crippen molar-refractivity contribution in [1.82, 2.24) is 10.9 Å². The Balaban J connectivity index is 1.52. The molecular weight excluding hydrogens is 468 g/mol. The largest absolute Gasteiger partial charge is 0.494 e. The molecular formula is C25H28N4O5S. The van der Waals surface area contributed by atoms with Crippen LogP contribution in [0.5, 0.6) is 5.75 Å². The molecule has 184 valence electrons. The molecule has 0 fully saturated rings. The van der Waals surface area contributed by atoms with Gasteiger partial charge in [-0.15, -0.1) is 0 Å². The highest BCUT2D eigenvalue weighted by atomic mass is 32.2. The van der Waals surface area contributed by atoms with Crippen molar-refractivity contribution >= 4 is 33.2 Å². The van der Waals surface area contributed by atoms with Crippen LogP contribution in [0.2, 0.25) is 0 Å². The second-order valence-corrected chi connectivity index (χ2v) is 9.44. The Hall–Kier alpha value is -4.05. The first-order valence-electron chi connectivity index (χ1n) is 10.9. The van der Waals surface area contributed by atoms with Gasteiger partial charge in [-0.25, -0.2) is 8.42 Å². The molecule has 3 aromatic carbocycles. The number of benzene rings is 3. The number of hydrogen-bond donors (Lipinski definition) is 4. The van der Waals surface area contributed by atoms with E-state index in [4.69, 9.17) is 4.74 Å². The molecule has 35 heavy (non-hydrogen) atoms. The molecule has 2 amide bonds. The van der Waals surface area contributed by atoms with Gasteiger partial charge < -0.3 is 10.1 Å². The average molecular weight is 497 g/mol. The van der Waals surface area contributed by atoms with E-state index in [2.05, 4.69) is 20.9 Å². The van der Waals surface area contributed by atoms with Crippen LogP contribution in [-0.2, 0) is 14.8 Å². The average Bonchev–Trinajstić information content (AvgIpc) is 2.83. The molecule has 9 nitrogen and oxygen atoms in total. The Labute approximate surface area is 204 Å². The minimum atomic E-state index is -3.85. The van der Waals surface area contributed by atoms with E-state index in [1.807, 2.05) is 39.0 Å². The third kappa shape index (κ3) is 7.21. The number of carbonyl (C=O) groups excluding carboxylic acids is 2. The Morgan fingerprint density at radius 3 is 2.20 bits per heavy atom.